The molecule has 0 aliphatic carbocycles. The molecule has 0 saturated carbocycles. The van der Waals surface area contributed by atoms with E-state index in [0.717, 1.165) is 49.2 Å². The van der Waals surface area contributed by atoms with Crippen LogP contribution in [-0.4, -0.2) is 63.1 Å². The Hall–Kier alpha value is -1.60. The predicted octanol–water partition coefficient (Wildman–Crippen LogP) is 2.15. The van der Waals surface area contributed by atoms with Gasteiger partial charge in [0.1, 0.15) is 0 Å². The topological polar surface area (TPSA) is 68.8 Å². The Morgan fingerprint density at radius 2 is 1.88 bits per heavy atom. The largest absolute Gasteiger partial charge is 0.356 e. The summed E-state index contributed by atoms with van der Waals surface area (Å²) in [5.41, 5.74) is 0. The molecular formula is C19H33N5OS. The van der Waals surface area contributed by atoms with Crippen molar-refractivity contribution in [1.82, 2.24) is 20.9 Å². The van der Waals surface area contributed by atoms with Crippen molar-refractivity contribution in [3.8, 4) is 0 Å². The maximum atomic E-state index is 11.8. The van der Waals surface area contributed by atoms with Crippen LogP contribution in [0.15, 0.2) is 22.5 Å². The van der Waals surface area contributed by atoms with E-state index in [1.165, 1.54) is 37.3 Å². The van der Waals surface area contributed by atoms with Crippen molar-refractivity contribution >= 4 is 23.2 Å². The van der Waals surface area contributed by atoms with E-state index in [2.05, 4.69) is 32.8 Å². The van der Waals surface area contributed by atoms with Crippen LogP contribution in [0.3, 0.4) is 0 Å². The molecule has 6 nitrogen and oxygen atoms in total. The first-order valence-corrected chi connectivity index (χ1v) is 10.6. The summed E-state index contributed by atoms with van der Waals surface area (Å²) < 4.78 is 0. The maximum absolute atomic E-state index is 11.8. The van der Waals surface area contributed by atoms with Crippen LogP contribution in [0.5, 0.6) is 0 Å². The lowest BCUT2D eigenvalue weighted by Gasteiger charge is -2.30. The molecule has 1 fully saturated rings. The number of piperidine rings is 1. The summed E-state index contributed by atoms with van der Waals surface area (Å²) in [6.07, 6.45) is 4.66. The predicted molar refractivity (Wildman–Crippen MR) is 110 cm³/mol. The Bertz CT molecular complexity index is 538. The first-order chi connectivity index (χ1) is 12.7. The van der Waals surface area contributed by atoms with E-state index in [1.54, 1.807) is 7.05 Å². The number of hydrogen-bond acceptors (Lipinski definition) is 4. The maximum Gasteiger partial charge on any atom is 0.261 e. The Labute approximate surface area is 161 Å². The Morgan fingerprint density at radius 3 is 2.54 bits per heavy atom. The van der Waals surface area contributed by atoms with Crippen molar-refractivity contribution < 1.29 is 4.79 Å². The van der Waals surface area contributed by atoms with Crippen LogP contribution in [0, 0.1) is 5.92 Å². The van der Waals surface area contributed by atoms with E-state index < -0.39 is 0 Å². The summed E-state index contributed by atoms with van der Waals surface area (Å²) in [6, 6.07) is 3.73. The van der Waals surface area contributed by atoms with Crippen LogP contribution in [-0.2, 0) is 0 Å². The zero-order valence-corrected chi connectivity index (χ0v) is 16.9. The molecule has 1 saturated heterocycles. The fraction of sp³-hybridized carbons (Fsp3) is 0.684. The molecule has 2 rings (SSSR count). The third-order valence-corrected chi connectivity index (χ3v) is 5.59. The van der Waals surface area contributed by atoms with Crippen LogP contribution in [0.25, 0.3) is 0 Å². The molecule has 3 N–H and O–H groups in total. The van der Waals surface area contributed by atoms with Gasteiger partial charge in [-0.3, -0.25) is 9.79 Å². The minimum Gasteiger partial charge on any atom is -0.356 e. The van der Waals surface area contributed by atoms with Crippen molar-refractivity contribution in [2.24, 2.45) is 10.9 Å². The van der Waals surface area contributed by atoms with Gasteiger partial charge in [-0.1, -0.05) is 13.0 Å². The summed E-state index contributed by atoms with van der Waals surface area (Å²) in [5.74, 6) is 1.74. The molecular weight excluding hydrogens is 346 g/mol. The average Bonchev–Trinajstić information content (AvgIpc) is 3.19. The fourth-order valence-electron chi connectivity index (χ4n) is 3.01. The first kappa shape index (κ1) is 20.7. The number of nitrogens with zero attached hydrogens (tertiary/aromatic N) is 2. The lowest BCUT2D eigenvalue weighted by atomic mass is 9.99. The quantitative estimate of drug-likeness (QED) is 0.349. The second-order valence-electron chi connectivity index (χ2n) is 6.89. The third kappa shape index (κ3) is 7.74. The standard InChI is InChI=1S/C19H33N5OS/c1-16-7-13-24(14-8-16)12-5-11-23-19(20-2)22-10-4-9-21-18(25)17-6-3-15-26-17/h3,6,15-16H,4-5,7-14H2,1-2H3,(H,21,25)(H2,20,22,23). The second kappa shape index (κ2) is 11.9. The van der Waals surface area contributed by atoms with E-state index in [0.29, 0.717) is 6.54 Å². The second-order valence-corrected chi connectivity index (χ2v) is 7.84. The van der Waals surface area contributed by atoms with Gasteiger partial charge in [0.25, 0.3) is 5.91 Å². The summed E-state index contributed by atoms with van der Waals surface area (Å²) in [5, 5.41) is 11.5. The lowest BCUT2D eigenvalue weighted by Crippen LogP contribution is -2.40. The summed E-state index contributed by atoms with van der Waals surface area (Å²) >= 11 is 1.46. The molecule has 0 aromatic carbocycles. The number of aliphatic imine (C=N–C) groups is 1. The number of rotatable bonds is 9. The third-order valence-electron chi connectivity index (χ3n) is 4.72. The van der Waals surface area contributed by atoms with E-state index in [4.69, 9.17) is 0 Å². The normalized spacial score (nSPS) is 16.5. The number of carbonyl (C=O) groups is 1. The number of nitrogens with one attached hydrogen (secondary N) is 3. The van der Waals surface area contributed by atoms with Gasteiger partial charge in [0, 0.05) is 26.7 Å². The summed E-state index contributed by atoms with van der Waals surface area (Å²) in [7, 11) is 1.79. The molecule has 1 amide bonds. The van der Waals surface area contributed by atoms with E-state index >= 15 is 0 Å². The molecule has 1 aliphatic heterocycles. The molecule has 7 heteroatoms. The lowest BCUT2D eigenvalue weighted by molar-refractivity contribution is 0.0957. The minimum absolute atomic E-state index is 0.00890. The molecule has 0 bridgehead atoms. The molecule has 0 spiro atoms. The van der Waals surface area contributed by atoms with Crippen molar-refractivity contribution in [2.75, 3.05) is 46.3 Å². The number of likely N-dealkylation sites (tertiary alicyclic amines) is 1. The van der Waals surface area contributed by atoms with Gasteiger partial charge in [0.15, 0.2) is 5.96 Å². The zero-order chi connectivity index (χ0) is 18.6. The van der Waals surface area contributed by atoms with E-state index in [9.17, 15) is 4.79 Å². The van der Waals surface area contributed by atoms with Crippen molar-refractivity contribution in [1.29, 1.82) is 0 Å². The highest BCUT2D eigenvalue weighted by atomic mass is 32.1. The highest BCUT2D eigenvalue weighted by molar-refractivity contribution is 7.12. The van der Waals surface area contributed by atoms with Crippen LogP contribution in [0.2, 0.25) is 0 Å². The van der Waals surface area contributed by atoms with Crippen LogP contribution >= 0.6 is 11.3 Å². The number of carbonyl (C=O) groups excluding carboxylic acids is 1. The van der Waals surface area contributed by atoms with Gasteiger partial charge < -0.3 is 20.9 Å². The molecule has 2 heterocycles. The molecule has 1 aromatic rings. The molecule has 26 heavy (non-hydrogen) atoms. The van der Waals surface area contributed by atoms with E-state index in [-0.39, 0.29) is 5.91 Å². The number of thiophene rings is 1. The fourth-order valence-corrected chi connectivity index (χ4v) is 3.65. The average molecular weight is 380 g/mol. The smallest absolute Gasteiger partial charge is 0.261 e. The monoisotopic (exact) mass is 379 g/mol. The molecule has 0 atom stereocenters. The van der Waals surface area contributed by atoms with E-state index in [1.807, 2.05) is 17.5 Å². The van der Waals surface area contributed by atoms with Gasteiger partial charge in [-0.25, -0.2) is 0 Å². The van der Waals surface area contributed by atoms with Gasteiger partial charge in [0.05, 0.1) is 4.88 Å². The van der Waals surface area contributed by atoms with Gasteiger partial charge in [-0.05, 0) is 62.7 Å². The Kier molecular flexibility index (Phi) is 9.48. The summed E-state index contributed by atoms with van der Waals surface area (Å²) in [4.78, 5) is 19.4. The minimum atomic E-state index is 0.00890. The molecule has 146 valence electrons. The van der Waals surface area contributed by atoms with Gasteiger partial charge >= 0.3 is 0 Å². The van der Waals surface area contributed by atoms with Crippen molar-refractivity contribution in [3.63, 3.8) is 0 Å². The van der Waals surface area contributed by atoms with Crippen molar-refractivity contribution in [3.05, 3.63) is 22.4 Å². The van der Waals surface area contributed by atoms with Gasteiger partial charge in [0.2, 0.25) is 0 Å². The summed E-state index contributed by atoms with van der Waals surface area (Å²) in [6.45, 7) is 8.37. The van der Waals surface area contributed by atoms with Gasteiger partial charge in [-0.15, -0.1) is 11.3 Å². The number of hydrogen-bond donors (Lipinski definition) is 3. The van der Waals surface area contributed by atoms with Crippen LogP contribution in [0.1, 0.15) is 42.3 Å². The Morgan fingerprint density at radius 1 is 1.19 bits per heavy atom. The first-order valence-electron chi connectivity index (χ1n) is 9.67. The number of guanidine groups is 1. The molecule has 1 aliphatic rings. The zero-order valence-electron chi connectivity index (χ0n) is 16.1. The highest BCUT2D eigenvalue weighted by Crippen LogP contribution is 2.15. The van der Waals surface area contributed by atoms with Crippen LogP contribution in [0.4, 0.5) is 0 Å². The molecule has 0 radical (unpaired) electrons. The van der Waals surface area contributed by atoms with Crippen molar-refractivity contribution in [2.45, 2.75) is 32.6 Å². The number of amides is 1. The molecule has 1 aromatic heterocycles. The van der Waals surface area contributed by atoms with Crippen LogP contribution < -0.4 is 16.0 Å². The van der Waals surface area contributed by atoms with Gasteiger partial charge in [-0.2, -0.15) is 0 Å². The SMILES string of the molecule is CN=C(NCCCNC(=O)c1cccs1)NCCCN1CCC(C)CC1. The highest BCUT2D eigenvalue weighted by Gasteiger charge is 2.14. The Balaban J connectivity index is 1.48. The molecule has 0 unspecified atom stereocenters.